The predicted octanol–water partition coefficient (Wildman–Crippen LogP) is 1.31. The summed E-state index contributed by atoms with van der Waals surface area (Å²) in [6.45, 7) is 7.59. The van der Waals surface area contributed by atoms with Crippen LogP contribution < -0.4 is 10.6 Å². The number of nitrogens with one attached hydrogen (secondary N) is 2. The molecule has 0 rings (SSSR count). The maximum Gasteiger partial charge on any atom is 0.326 e. The van der Waals surface area contributed by atoms with Gasteiger partial charge in [-0.15, -0.1) is 6.58 Å². The van der Waals surface area contributed by atoms with E-state index in [-0.39, 0.29) is 5.92 Å². The van der Waals surface area contributed by atoms with E-state index in [0.29, 0.717) is 6.54 Å². The maximum atomic E-state index is 11.4. The van der Waals surface area contributed by atoms with Crippen molar-refractivity contribution in [2.45, 2.75) is 19.9 Å². The Morgan fingerprint density at radius 3 is 2.59 bits per heavy atom. The number of aliphatic carboxylic acids is 1. The first-order valence-corrected chi connectivity index (χ1v) is 6.60. The summed E-state index contributed by atoms with van der Waals surface area (Å²) in [7, 11) is 0. The molecular formula is C11H20N2O3S. The molecule has 0 radical (unpaired) electrons. The molecule has 98 valence electrons. The van der Waals surface area contributed by atoms with Crippen LogP contribution in [-0.4, -0.2) is 41.2 Å². The first-order valence-electron chi connectivity index (χ1n) is 5.44. The van der Waals surface area contributed by atoms with Gasteiger partial charge < -0.3 is 15.7 Å². The fourth-order valence-corrected chi connectivity index (χ4v) is 1.69. The molecule has 0 aromatic heterocycles. The summed E-state index contributed by atoms with van der Waals surface area (Å²) >= 11 is 1.65. The van der Waals surface area contributed by atoms with E-state index in [9.17, 15) is 9.59 Å². The van der Waals surface area contributed by atoms with Crippen molar-refractivity contribution in [1.29, 1.82) is 0 Å². The molecule has 0 spiro atoms. The zero-order chi connectivity index (χ0) is 13.3. The standard InChI is InChI=1S/C11H20N2O3S/c1-4-6-17-7-5-12-11(16)13-9(8(2)3)10(14)15/h4,8-9H,1,5-7H2,2-3H3,(H,14,15)(H2,12,13,16)/t9-/m1/s1. The van der Waals surface area contributed by atoms with Gasteiger partial charge >= 0.3 is 12.0 Å². The number of carbonyl (C=O) groups excluding carboxylic acids is 1. The Balaban J connectivity index is 3.83. The third-order valence-corrected chi connectivity index (χ3v) is 2.95. The molecule has 3 N–H and O–H groups in total. The van der Waals surface area contributed by atoms with Gasteiger partial charge in [-0.3, -0.25) is 0 Å². The SMILES string of the molecule is C=CCSCCNC(=O)N[C@@H](C(=O)O)C(C)C. The van der Waals surface area contributed by atoms with E-state index < -0.39 is 18.0 Å². The highest BCUT2D eigenvalue weighted by Crippen LogP contribution is 2.01. The zero-order valence-electron chi connectivity index (χ0n) is 10.2. The van der Waals surface area contributed by atoms with Crippen molar-refractivity contribution in [3.05, 3.63) is 12.7 Å². The Kier molecular flexibility index (Phi) is 8.31. The summed E-state index contributed by atoms with van der Waals surface area (Å²) in [5.41, 5.74) is 0. The Morgan fingerprint density at radius 2 is 2.12 bits per heavy atom. The van der Waals surface area contributed by atoms with Crippen molar-refractivity contribution in [1.82, 2.24) is 10.6 Å². The topological polar surface area (TPSA) is 78.4 Å². The summed E-state index contributed by atoms with van der Waals surface area (Å²) in [4.78, 5) is 22.2. The van der Waals surface area contributed by atoms with Crippen LogP contribution in [0, 0.1) is 5.92 Å². The van der Waals surface area contributed by atoms with Gasteiger partial charge in [-0.05, 0) is 5.92 Å². The van der Waals surface area contributed by atoms with E-state index >= 15 is 0 Å². The Morgan fingerprint density at radius 1 is 1.47 bits per heavy atom. The van der Waals surface area contributed by atoms with Gasteiger partial charge in [0.1, 0.15) is 6.04 Å². The van der Waals surface area contributed by atoms with Crippen molar-refractivity contribution < 1.29 is 14.7 Å². The highest BCUT2D eigenvalue weighted by molar-refractivity contribution is 7.99. The van der Waals surface area contributed by atoms with E-state index in [1.165, 1.54) is 0 Å². The Labute approximate surface area is 106 Å². The number of rotatable bonds is 8. The molecule has 0 saturated heterocycles. The minimum Gasteiger partial charge on any atom is -0.480 e. The third-order valence-electron chi connectivity index (χ3n) is 1.99. The van der Waals surface area contributed by atoms with E-state index in [1.54, 1.807) is 31.7 Å². The minimum absolute atomic E-state index is 0.145. The van der Waals surface area contributed by atoms with Crippen LogP contribution in [0.3, 0.4) is 0 Å². The van der Waals surface area contributed by atoms with Crippen LogP contribution in [0.4, 0.5) is 4.79 Å². The lowest BCUT2D eigenvalue weighted by molar-refractivity contribution is -0.140. The second-order valence-corrected chi connectivity index (χ2v) is 4.97. The van der Waals surface area contributed by atoms with Crippen LogP contribution in [0.5, 0.6) is 0 Å². The molecule has 1 atom stereocenters. The number of carboxylic acid groups (broad SMARTS) is 1. The molecular weight excluding hydrogens is 240 g/mol. The quantitative estimate of drug-likeness (QED) is 0.454. The van der Waals surface area contributed by atoms with Crippen LogP contribution >= 0.6 is 11.8 Å². The van der Waals surface area contributed by atoms with Gasteiger partial charge in [-0.25, -0.2) is 9.59 Å². The van der Waals surface area contributed by atoms with Crippen LogP contribution in [0.2, 0.25) is 0 Å². The molecule has 0 aliphatic rings. The molecule has 2 amide bonds. The molecule has 6 heteroatoms. The lowest BCUT2D eigenvalue weighted by atomic mass is 10.1. The molecule has 0 aromatic carbocycles. The Hall–Kier alpha value is -1.17. The van der Waals surface area contributed by atoms with E-state index in [1.807, 2.05) is 0 Å². The third kappa shape index (κ3) is 7.68. The van der Waals surface area contributed by atoms with Gasteiger partial charge in [0.15, 0.2) is 0 Å². The summed E-state index contributed by atoms with van der Waals surface area (Å²) < 4.78 is 0. The molecule has 0 aromatic rings. The highest BCUT2D eigenvalue weighted by Gasteiger charge is 2.22. The monoisotopic (exact) mass is 260 g/mol. The summed E-state index contributed by atoms with van der Waals surface area (Å²) in [6, 6.07) is -1.29. The Bertz CT molecular complexity index is 269. The fourth-order valence-electron chi connectivity index (χ4n) is 1.11. The van der Waals surface area contributed by atoms with Gasteiger partial charge in [-0.1, -0.05) is 19.9 Å². The van der Waals surface area contributed by atoms with Gasteiger partial charge in [0.25, 0.3) is 0 Å². The van der Waals surface area contributed by atoms with Crippen molar-refractivity contribution in [3.63, 3.8) is 0 Å². The van der Waals surface area contributed by atoms with Crippen LogP contribution in [0.1, 0.15) is 13.8 Å². The lowest BCUT2D eigenvalue weighted by Crippen LogP contribution is -2.49. The van der Waals surface area contributed by atoms with Crippen molar-refractivity contribution >= 4 is 23.8 Å². The molecule has 0 fully saturated rings. The normalized spacial score (nSPS) is 11.9. The first kappa shape index (κ1) is 15.8. The molecule has 0 saturated carbocycles. The number of hydrogen-bond donors (Lipinski definition) is 3. The molecule has 0 aliphatic carbocycles. The maximum absolute atomic E-state index is 11.4. The number of hydrogen-bond acceptors (Lipinski definition) is 3. The van der Waals surface area contributed by atoms with Crippen molar-refractivity contribution in [2.75, 3.05) is 18.1 Å². The minimum atomic E-state index is -1.02. The molecule has 17 heavy (non-hydrogen) atoms. The van der Waals surface area contributed by atoms with Gasteiger partial charge in [-0.2, -0.15) is 11.8 Å². The predicted molar refractivity (Wildman–Crippen MR) is 70.3 cm³/mol. The van der Waals surface area contributed by atoms with Crippen molar-refractivity contribution in [3.8, 4) is 0 Å². The van der Waals surface area contributed by atoms with E-state index in [0.717, 1.165) is 11.5 Å². The largest absolute Gasteiger partial charge is 0.480 e. The second-order valence-electron chi connectivity index (χ2n) is 3.82. The lowest BCUT2D eigenvalue weighted by Gasteiger charge is -2.18. The van der Waals surface area contributed by atoms with Crippen LogP contribution in [0.15, 0.2) is 12.7 Å². The number of thioether (sulfide) groups is 1. The van der Waals surface area contributed by atoms with Crippen molar-refractivity contribution in [2.24, 2.45) is 5.92 Å². The van der Waals surface area contributed by atoms with E-state index in [4.69, 9.17) is 5.11 Å². The van der Waals surface area contributed by atoms with E-state index in [2.05, 4.69) is 17.2 Å². The molecule has 0 heterocycles. The average Bonchev–Trinajstić information content (AvgIpc) is 2.24. The number of amides is 2. The number of carboxylic acids is 1. The summed E-state index contributed by atoms with van der Waals surface area (Å²) in [6.07, 6.45) is 1.80. The number of urea groups is 1. The van der Waals surface area contributed by atoms with Crippen LogP contribution in [-0.2, 0) is 4.79 Å². The van der Waals surface area contributed by atoms with Gasteiger partial charge in [0, 0.05) is 18.1 Å². The second kappa shape index (κ2) is 8.92. The number of carbonyl (C=O) groups is 2. The smallest absolute Gasteiger partial charge is 0.326 e. The molecule has 0 bridgehead atoms. The average molecular weight is 260 g/mol. The molecule has 0 unspecified atom stereocenters. The zero-order valence-corrected chi connectivity index (χ0v) is 11.0. The van der Waals surface area contributed by atoms with Gasteiger partial charge in [0.2, 0.25) is 0 Å². The first-order chi connectivity index (χ1) is 7.99. The van der Waals surface area contributed by atoms with Gasteiger partial charge in [0.05, 0.1) is 0 Å². The summed E-state index contributed by atoms with van der Waals surface area (Å²) in [5.74, 6) is 0.455. The molecule has 5 nitrogen and oxygen atoms in total. The van der Waals surface area contributed by atoms with Crippen LogP contribution in [0.25, 0.3) is 0 Å². The highest BCUT2D eigenvalue weighted by atomic mass is 32.2. The fraction of sp³-hybridized carbons (Fsp3) is 0.636. The molecule has 0 aliphatic heterocycles. The summed E-state index contributed by atoms with van der Waals surface area (Å²) in [5, 5.41) is 13.9.